The first-order chi connectivity index (χ1) is 14.7. The topological polar surface area (TPSA) is 80.0 Å². The lowest BCUT2D eigenvalue weighted by molar-refractivity contribution is -0.270. The molecule has 0 spiro atoms. The zero-order chi connectivity index (χ0) is 22.2. The van der Waals surface area contributed by atoms with Gasteiger partial charge in [-0.25, -0.2) is 9.97 Å². The van der Waals surface area contributed by atoms with Crippen molar-refractivity contribution in [1.29, 1.82) is 0 Å². The summed E-state index contributed by atoms with van der Waals surface area (Å²) in [4.78, 5) is 20.3. The number of carbonyl (C=O) groups is 1. The number of alkyl halides is 3. The Bertz CT molecular complexity index is 1250. The Hall–Kier alpha value is -3.24. The van der Waals surface area contributed by atoms with Crippen molar-refractivity contribution in [3.63, 3.8) is 0 Å². The summed E-state index contributed by atoms with van der Waals surface area (Å²) in [5.74, 6) is -1.69. The summed E-state index contributed by atoms with van der Waals surface area (Å²) in [5.41, 5.74) is -1.99. The molecule has 0 fully saturated rings. The van der Waals surface area contributed by atoms with Crippen molar-refractivity contribution in [3.8, 4) is 11.3 Å². The molecule has 1 unspecified atom stereocenters. The number of aromatic nitrogens is 3. The van der Waals surface area contributed by atoms with Crippen LogP contribution < -0.4 is 5.32 Å². The molecule has 1 atom stereocenters. The van der Waals surface area contributed by atoms with Crippen LogP contribution in [0.3, 0.4) is 0 Å². The number of nitrogens with one attached hydrogen (secondary N) is 1. The van der Waals surface area contributed by atoms with Gasteiger partial charge in [-0.3, -0.25) is 4.79 Å². The van der Waals surface area contributed by atoms with Crippen LogP contribution in [0.15, 0.2) is 60.2 Å². The number of hydrogen-bond acceptors (Lipinski definition) is 5. The van der Waals surface area contributed by atoms with E-state index in [2.05, 4.69) is 15.3 Å². The maximum atomic E-state index is 13.6. The number of nitrogens with zero attached hydrogens (tertiary/aromatic N) is 3. The van der Waals surface area contributed by atoms with E-state index in [-0.39, 0.29) is 5.13 Å². The Balaban J connectivity index is 1.57. The first-order valence-electron chi connectivity index (χ1n) is 9.19. The number of thiazole rings is 1. The average Bonchev–Trinajstić information content (AvgIpc) is 3.35. The van der Waals surface area contributed by atoms with Gasteiger partial charge in [-0.2, -0.15) is 13.2 Å². The van der Waals surface area contributed by atoms with Crippen molar-refractivity contribution in [3.05, 3.63) is 66.1 Å². The third-order valence-electron chi connectivity index (χ3n) is 4.89. The molecule has 6 nitrogen and oxygen atoms in total. The number of fused-ring (bicyclic) bond motifs is 1. The highest BCUT2D eigenvalue weighted by atomic mass is 32.1. The summed E-state index contributed by atoms with van der Waals surface area (Å²) in [6, 6.07) is 13.4. The Morgan fingerprint density at radius 1 is 1.19 bits per heavy atom. The monoisotopic (exact) mass is 446 g/mol. The van der Waals surface area contributed by atoms with Gasteiger partial charge in [-0.05, 0) is 10.8 Å². The number of anilines is 1. The predicted molar refractivity (Wildman–Crippen MR) is 111 cm³/mol. The van der Waals surface area contributed by atoms with Crippen molar-refractivity contribution >= 4 is 33.1 Å². The SMILES string of the molecule is Cn1ccnc1C(O)(CC(=O)Nc1nc(-c2cccc3ccccc23)cs1)C(F)(F)F. The minimum Gasteiger partial charge on any atom is -0.374 e. The van der Waals surface area contributed by atoms with E-state index in [1.807, 2.05) is 42.5 Å². The Labute approximate surface area is 179 Å². The zero-order valence-electron chi connectivity index (χ0n) is 16.2. The lowest BCUT2D eigenvalue weighted by Gasteiger charge is -2.29. The van der Waals surface area contributed by atoms with Gasteiger partial charge in [0, 0.05) is 30.4 Å². The van der Waals surface area contributed by atoms with Gasteiger partial charge in [0.05, 0.1) is 12.1 Å². The summed E-state index contributed by atoms with van der Waals surface area (Å²) < 4.78 is 41.9. The van der Waals surface area contributed by atoms with Crippen molar-refractivity contribution in [2.45, 2.75) is 18.2 Å². The zero-order valence-corrected chi connectivity index (χ0v) is 17.0. The van der Waals surface area contributed by atoms with E-state index >= 15 is 0 Å². The first-order valence-corrected chi connectivity index (χ1v) is 10.1. The number of aryl methyl sites for hydroxylation is 1. The summed E-state index contributed by atoms with van der Waals surface area (Å²) >= 11 is 1.09. The standard InChI is InChI=1S/C21H17F3N4O2S/c1-28-10-9-25-18(28)20(30,21(22,23)24)11-17(29)27-19-26-16(12-31-19)15-8-4-6-13-5-2-3-7-14(13)15/h2-10,12,30H,11H2,1H3,(H,26,27,29). The predicted octanol–water partition coefficient (Wildman–Crippen LogP) is 4.48. The third kappa shape index (κ3) is 3.91. The molecule has 0 saturated heterocycles. The second kappa shape index (κ2) is 7.78. The largest absolute Gasteiger partial charge is 0.425 e. The van der Waals surface area contributed by atoms with E-state index in [9.17, 15) is 23.1 Å². The van der Waals surface area contributed by atoms with Gasteiger partial charge >= 0.3 is 6.18 Å². The number of benzene rings is 2. The number of halogens is 3. The highest BCUT2D eigenvalue weighted by molar-refractivity contribution is 7.14. The number of aliphatic hydroxyl groups is 1. The van der Waals surface area contributed by atoms with Crippen LogP contribution in [0.25, 0.3) is 22.0 Å². The van der Waals surface area contributed by atoms with Gasteiger partial charge in [-0.15, -0.1) is 11.3 Å². The van der Waals surface area contributed by atoms with Crippen LogP contribution >= 0.6 is 11.3 Å². The lowest BCUT2D eigenvalue weighted by atomic mass is 9.97. The van der Waals surface area contributed by atoms with Gasteiger partial charge < -0.3 is 15.0 Å². The second-order valence-corrected chi connectivity index (χ2v) is 7.87. The van der Waals surface area contributed by atoms with Gasteiger partial charge in [0.2, 0.25) is 11.5 Å². The molecule has 31 heavy (non-hydrogen) atoms. The fraction of sp³-hybridized carbons (Fsp3) is 0.190. The summed E-state index contributed by atoms with van der Waals surface area (Å²) in [6.45, 7) is 0. The van der Waals surface area contributed by atoms with Crippen molar-refractivity contribution < 1.29 is 23.1 Å². The number of carbonyl (C=O) groups excluding carboxylic acids is 1. The van der Waals surface area contributed by atoms with Crippen molar-refractivity contribution in [1.82, 2.24) is 14.5 Å². The van der Waals surface area contributed by atoms with Gasteiger partial charge in [-0.1, -0.05) is 42.5 Å². The molecule has 4 aromatic rings. The van der Waals surface area contributed by atoms with E-state index in [4.69, 9.17) is 0 Å². The quantitative estimate of drug-likeness (QED) is 0.474. The molecule has 4 rings (SSSR count). The summed E-state index contributed by atoms with van der Waals surface area (Å²) in [6.07, 6.45) is -3.95. The molecule has 0 aliphatic rings. The van der Waals surface area contributed by atoms with Crippen LogP contribution in [-0.4, -0.2) is 31.7 Å². The molecule has 2 N–H and O–H groups in total. The number of imidazole rings is 1. The van der Waals surface area contributed by atoms with Crippen LogP contribution in [-0.2, 0) is 17.4 Å². The van der Waals surface area contributed by atoms with Gasteiger partial charge in [0.25, 0.3) is 0 Å². The highest BCUT2D eigenvalue weighted by Gasteiger charge is 2.58. The minimum absolute atomic E-state index is 0.136. The highest BCUT2D eigenvalue weighted by Crippen LogP contribution is 2.41. The molecule has 1 amide bonds. The molecule has 0 bridgehead atoms. The van der Waals surface area contributed by atoms with Crippen LogP contribution in [0.1, 0.15) is 12.2 Å². The number of rotatable bonds is 5. The molecule has 2 aromatic carbocycles. The van der Waals surface area contributed by atoms with E-state index in [1.165, 1.54) is 13.2 Å². The Kier molecular flexibility index (Phi) is 5.28. The fourth-order valence-corrected chi connectivity index (χ4v) is 4.10. The second-order valence-electron chi connectivity index (χ2n) is 7.01. The van der Waals surface area contributed by atoms with E-state index < -0.39 is 29.9 Å². The average molecular weight is 446 g/mol. The minimum atomic E-state index is -5.10. The van der Waals surface area contributed by atoms with Crippen molar-refractivity contribution in [2.75, 3.05) is 5.32 Å². The third-order valence-corrected chi connectivity index (χ3v) is 5.65. The van der Waals surface area contributed by atoms with Crippen LogP contribution in [0.4, 0.5) is 18.3 Å². The lowest BCUT2D eigenvalue weighted by Crippen LogP contribution is -2.46. The summed E-state index contributed by atoms with van der Waals surface area (Å²) in [7, 11) is 1.31. The maximum absolute atomic E-state index is 13.6. The Morgan fingerprint density at radius 2 is 1.94 bits per heavy atom. The van der Waals surface area contributed by atoms with Gasteiger partial charge in [0.15, 0.2) is 11.0 Å². The van der Waals surface area contributed by atoms with Crippen LogP contribution in [0, 0.1) is 0 Å². The molecular formula is C21H17F3N4O2S. The maximum Gasteiger partial charge on any atom is 0.425 e. The van der Waals surface area contributed by atoms with Crippen LogP contribution in [0.2, 0.25) is 0 Å². The molecule has 0 aliphatic heterocycles. The molecule has 0 radical (unpaired) electrons. The molecule has 160 valence electrons. The normalized spacial score (nSPS) is 13.8. The molecule has 0 aliphatic carbocycles. The van der Waals surface area contributed by atoms with Crippen LogP contribution in [0.5, 0.6) is 0 Å². The molecule has 0 saturated carbocycles. The molecule has 2 heterocycles. The number of hydrogen-bond donors (Lipinski definition) is 2. The first kappa shape index (κ1) is 21.0. The van der Waals surface area contributed by atoms with E-state index in [0.717, 1.165) is 38.4 Å². The molecule has 2 aromatic heterocycles. The molecular weight excluding hydrogens is 429 g/mol. The fourth-order valence-electron chi connectivity index (χ4n) is 3.37. The number of amides is 1. The van der Waals surface area contributed by atoms with Gasteiger partial charge in [0.1, 0.15) is 0 Å². The summed E-state index contributed by atoms with van der Waals surface area (Å²) in [5, 5.41) is 16.5. The van der Waals surface area contributed by atoms with E-state index in [1.54, 1.807) is 5.38 Å². The van der Waals surface area contributed by atoms with Crippen molar-refractivity contribution in [2.24, 2.45) is 7.05 Å². The smallest absolute Gasteiger partial charge is 0.374 e. The Morgan fingerprint density at radius 3 is 2.65 bits per heavy atom. The van der Waals surface area contributed by atoms with E-state index in [0.29, 0.717) is 5.69 Å². The molecule has 10 heteroatoms.